The molecule has 1 saturated heterocycles. The first-order chi connectivity index (χ1) is 15.4. The molecule has 0 radical (unpaired) electrons. The van der Waals surface area contributed by atoms with E-state index in [4.69, 9.17) is 0 Å². The lowest BCUT2D eigenvalue weighted by molar-refractivity contribution is 0.102. The lowest BCUT2D eigenvalue weighted by Crippen LogP contribution is -2.39. The fourth-order valence-corrected chi connectivity index (χ4v) is 6.18. The SMILES string of the molecule is CCc1ccc(S(=O)(=O)N2CCC[C@H](c3nnc(C(=O)Nc4ccccc4C)s3)C2)cc1. The Morgan fingerprint density at radius 3 is 2.62 bits per heavy atom. The number of sulfonamides is 1. The number of para-hydroxylation sites is 1. The Labute approximate surface area is 192 Å². The molecule has 1 N–H and O–H groups in total. The number of amides is 1. The average Bonchev–Trinajstić information content (AvgIpc) is 3.31. The van der Waals surface area contributed by atoms with Gasteiger partial charge in [-0.2, -0.15) is 4.31 Å². The van der Waals surface area contributed by atoms with E-state index >= 15 is 0 Å². The Morgan fingerprint density at radius 2 is 1.91 bits per heavy atom. The van der Waals surface area contributed by atoms with Gasteiger partial charge in [-0.05, 0) is 55.5 Å². The second-order valence-electron chi connectivity index (χ2n) is 7.91. The predicted octanol–water partition coefficient (Wildman–Crippen LogP) is 4.23. The van der Waals surface area contributed by atoms with Crippen molar-refractivity contribution in [2.75, 3.05) is 18.4 Å². The summed E-state index contributed by atoms with van der Waals surface area (Å²) in [5, 5.41) is 12.1. The first-order valence-electron chi connectivity index (χ1n) is 10.7. The number of rotatable bonds is 6. The van der Waals surface area contributed by atoms with E-state index in [0.717, 1.165) is 36.1 Å². The maximum absolute atomic E-state index is 13.1. The van der Waals surface area contributed by atoms with Crippen LogP contribution in [0.3, 0.4) is 0 Å². The van der Waals surface area contributed by atoms with Crippen molar-refractivity contribution in [3.8, 4) is 0 Å². The molecule has 1 atom stereocenters. The molecule has 0 saturated carbocycles. The second kappa shape index (κ2) is 9.48. The minimum absolute atomic E-state index is 0.0778. The van der Waals surface area contributed by atoms with Gasteiger partial charge in [-0.3, -0.25) is 4.79 Å². The van der Waals surface area contributed by atoms with Crippen molar-refractivity contribution < 1.29 is 13.2 Å². The van der Waals surface area contributed by atoms with Crippen molar-refractivity contribution in [1.29, 1.82) is 0 Å². The van der Waals surface area contributed by atoms with Gasteiger partial charge in [0.1, 0.15) is 5.01 Å². The van der Waals surface area contributed by atoms with E-state index in [1.807, 2.05) is 50.2 Å². The maximum atomic E-state index is 13.1. The molecule has 0 bridgehead atoms. The van der Waals surface area contributed by atoms with Crippen molar-refractivity contribution in [1.82, 2.24) is 14.5 Å². The number of nitrogens with one attached hydrogen (secondary N) is 1. The molecule has 1 aliphatic heterocycles. The third-order valence-electron chi connectivity index (χ3n) is 5.73. The summed E-state index contributed by atoms with van der Waals surface area (Å²) in [6.45, 7) is 4.78. The van der Waals surface area contributed by atoms with Crippen LogP contribution in [0.5, 0.6) is 0 Å². The van der Waals surface area contributed by atoms with E-state index in [1.165, 1.54) is 15.6 Å². The monoisotopic (exact) mass is 470 g/mol. The van der Waals surface area contributed by atoms with Gasteiger partial charge in [-0.1, -0.05) is 48.6 Å². The molecule has 2 heterocycles. The van der Waals surface area contributed by atoms with Crippen molar-refractivity contribution in [2.24, 2.45) is 0 Å². The highest BCUT2D eigenvalue weighted by atomic mass is 32.2. The quantitative estimate of drug-likeness (QED) is 0.582. The van der Waals surface area contributed by atoms with E-state index in [0.29, 0.717) is 23.0 Å². The van der Waals surface area contributed by atoms with E-state index in [9.17, 15) is 13.2 Å². The van der Waals surface area contributed by atoms with E-state index in [-0.39, 0.29) is 16.8 Å². The van der Waals surface area contributed by atoms with Gasteiger partial charge in [0, 0.05) is 24.7 Å². The molecule has 1 aromatic heterocycles. The molecule has 32 heavy (non-hydrogen) atoms. The van der Waals surface area contributed by atoms with Crippen LogP contribution in [-0.4, -0.2) is 41.9 Å². The Bertz CT molecular complexity index is 1210. The summed E-state index contributed by atoms with van der Waals surface area (Å²) >= 11 is 1.23. The summed E-state index contributed by atoms with van der Waals surface area (Å²) in [4.78, 5) is 12.9. The summed E-state index contributed by atoms with van der Waals surface area (Å²) in [6.07, 6.45) is 2.42. The van der Waals surface area contributed by atoms with Crippen LogP contribution in [0.25, 0.3) is 0 Å². The van der Waals surface area contributed by atoms with Crippen LogP contribution >= 0.6 is 11.3 Å². The standard InChI is InChI=1S/C23H26N4O3S2/c1-3-17-10-12-19(13-11-17)32(29,30)27-14-6-8-18(15-27)22-25-26-23(31-22)21(28)24-20-9-5-4-7-16(20)2/h4-5,7,9-13,18H,3,6,8,14-15H2,1-2H3,(H,24,28)/t18-/m0/s1. The van der Waals surface area contributed by atoms with Gasteiger partial charge < -0.3 is 5.32 Å². The van der Waals surface area contributed by atoms with E-state index < -0.39 is 10.0 Å². The average molecular weight is 471 g/mol. The van der Waals surface area contributed by atoms with Crippen LogP contribution in [-0.2, 0) is 16.4 Å². The lowest BCUT2D eigenvalue weighted by atomic mass is 10.0. The zero-order valence-corrected chi connectivity index (χ0v) is 19.7. The smallest absolute Gasteiger partial charge is 0.286 e. The van der Waals surface area contributed by atoms with Crippen molar-refractivity contribution >= 4 is 33.0 Å². The van der Waals surface area contributed by atoms with Crippen LogP contribution in [0.15, 0.2) is 53.4 Å². The zero-order valence-electron chi connectivity index (χ0n) is 18.1. The molecule has 7 nitrogen and oxygen atoms in total. The molecule has 2 aromatic carbocycles. The molecule has 0 unspecified atom stereocenters. The third kappa shape index (κ3) is 4.74. The highest BCUT2D eigenvalue weighted by Gasteiger charge is 2.32. The summed E-state index contributed by atoms with van der Waals surface area (Å²) in [5.41, 5.74) is 2.80. The van der Waals surface area contributed by atoms with Crippen LogP contribution in [0.1, 0.15) is 51.6 Å². The topological polar surface area (TPSA) is 92.3 Å². The van der Waals surface area contributed by atoms with Gasteiger partial charge in [-0.25, -0.2) is 8.42 Å². The Hall–Kier alpha value is -2.62. The van der Waals surface area contributed by atoms with Gasteiger partial charge in [-0.15, -0.1) is 10.2 Å². The second-order valence-corrected chi connectivity index (χ2v) is 10.9. The largest absolute Gasteiger partial charge is 0.320 e. The molecule has 0 spiro atoms. The minimum atomic E-state index is -3.57. The predicted molar refractivity (Wildman–Crippen MR) is 126 cm³/mol. The number of hydrogen-bond acceptors (Lipinski definition) is 6. The van der Waals surface area contributed by atoms with Crippen molar-refractivity contribution in [2.45, 2.75) is 43.9 Å². The molecular formula is C23H26N4O3S2. The van der Waals surface area contributed by atoms with E-state index in [2.05, 4.69) is 15.5 Å². The van der Waals surface area contributed by atoms with Crippen LogP contribution in [0.4, 0.5) is 5.69 Å². The fourth-order valence-electron chi connectivity index (χ4n) is 3.79. The number of aryl methyl sites for hydroxylation is 2. The Balaban J connectivity index is 1.47. The number of nitrogens with zero attached hydrogens (tertiary/aromatic N) is 3. The fraction of sp³-hybridized carbons (Fsp3) is 0.348. The summed E-state index contributed by atoms with van der Waals surface area (Å²) in [5.74, 6) is -0.384. The van der Waals surface area contributed by atoms with Crippen molar-refractivity contribution in [3.63, 3.8) is 0 Å². The molecule has 4 rings (SSSR count). The lowest BCUT2D eigenvalue weighted by Gasteiger charge is -2.30. The highest BCUT2D eigenvalue weighted by Crippen LogP contribution is 2.32. The number of hydrogen-bond donors (Lipinski definition) is 1. The Morgan fingerprint density at radius 1 is 1.16 bits per heavy atom. The van der Waals surface area contributed by atoms with Gasteiger partial charge in [0.15, 0.2) is 0 Å². The van der Waals surface area contributed by atoms with Crippen molar-refractivity contribution in [3.05, 3.63) is 69.7 Å². The van der Waals surface area contributed by atoms with Gasteiger partial charge >= 0.3 is 0 Å². The number of carbonyl (C=O) groups excluding carboxylic acids is 1. The normalized spacial score (nSPS) is 17.2. The number of anilines is 1. The van der Waals surface area contributed by atoms with Gasteiger partial charge in [0.25, 0.3) is 5.91 Å². The minimum Gasteiger partial charge on any atom is -0.320 e. The summed E-state index contributed by atoms with van der Waals surface area (Å²) < 4.78 is 27.8. The Kier molecular flexibility index (Phi) is 6.68. The molecule has 1 amide bonds. The molecule has 168 valence electrons. The van der Waals surface area contributed by atoms with Gasteiger partial charge in [0.2, 0.25) is 15.0 Å². The van der Waals surface area contributed by atoms with E-state index in [1.54, 1.807) is 12.1 Å². The third-order valence-corrected chi connectivity index (χ3v) is 8.69. The maximum Gasteiger partial charge on any atom is 0.286 e. The summed E-state index contributed by atoms with van der Waals surface area (Å²) in [7, 11) is -3.57. The zero-order chi connectivity index (χ0) is 22.7. The number of piperidine rings is 1. The van der Waals surface area contributed by atoms with Gasteiger partial charge in [0.05, 0.1) is 4.90 Å². The summed E-state index contributed by atoms with van der Waals surface area (Å²) in [6, 6.07) is 14.6. The molecule has 3 aromatic rings. The molecule has 1 aliphatic rings. The number of aromatic nitrogens is 2. The number of carbonyl (C=O) groups is 1. The molecular weight excluding hydrogens is 444 g/mol. The highest BCUT2D eigenvalue weighted by molar-refractivity contribution is 7.89. The first kappa shape index (κ1) is 22.6. The number of benzene rings is 2. The molecule has 1 fully saturated rings. The molecule has 9 heteroatoms. The first-order valence-corrected chi connectivity index (χ1v) is 12.9. The molecule has 0 aliphatic carbocycles. The van der Waals surface area contributed by atoms with Crippen LogP contribution in [0.2, 0.25) is 0 Å². The van der Waals surface area contributed by atoms with Crippen LogP contribution in [0, 0.1) is 6.92 Å². The van der Waals surface area contributed by atoms with Crippen LogP contribution < -0.4 is 5.32 Å².